The number of anilines is 1. The van der Waals surface area contributed by atoms with E-state index in [4.69, 9.17) is 0 Å². The zero-order chi connectivity index (χ0) is 18.5. The SMILES string of the molecule is CNC(=O)C1=NC(NC(=O)Nc2csc(-c3ccncc3)n2)=CCC1C. The number of hydrogen-bond acceptors (Lipinski definition) is 6. The molecule has 2 aromatic rings. The summed E-state index contributed by atoms with van der Waals surface area (Å²) in [5, 5.41) is 10.4. The number of amides is 3. The van der Waals surface area contributed by atoms with E-state index in [-0.39, 0.29) is 11.8 Å². The Bertz CT molecular complexity index is 874. The summed E-state index contributed by atoms with van der Waals surface area (Å²) in [6.07, 6.45) is 5.80. The van der Waals surface area contributed by atoms with Gasteiger partial charge in [-0.1, -0.05) is 6.92 Å². The molecule has 3 amide bonds. The highest BCUT2D eigenvalue weighted by Gasteiger charge is 2.22. The van der Waals surface area contributed by atoms with Crippen LogP contribution in [0.3, 0.4) is 0 Å². The van der Waals surface area contributed by atoms with Gasteiger partial charge in [-0.2, -0.15) is 0 Å². The molecule has 1 aliphatic rings. The molecule has 0 saturated carbocycles. The summed E-state index contributed by atoms with van der Waals surface area (Å²) in [6, 6.07) is 3.25. The number of rotatable bonds is 4. The van der Waals surface area contributed by atoms with Crippen molar-refractivity contribution in [3.05, 3.63) is 41.8 Å². The van der Waals surface area contributed by atoms with Gasteiger partial charge in [0.25, 0.3) is 5.91 Å². The number of nitrogens with one attached hydrogen (secondary N) is 3. The van der Waals surface area contributed by atoms with Crippen LogP contribution < -0.4 is 16.0 Å². The first kappa shape index (κ1) is 17.7. The predicted octanol–water partition coefficient (Wildman–Crippen LogP) is 2.39. The molecule has 0 saturated heterocycles. The van der Waals surface area contributed by atoms with Crippen LogP contribution in [0.5, 0.6) is 0 Å². The van der Waals surface area contributed by atoms with E-state index in [1.165, 1.54) is 11.3 Å². The van der Waals surface area contributed by atoms with E-state index in [1.807, 2.05) is 19.1 Å². The molecule has 9 heteroatoms. The van der Waals surface area contributed by atoms with Crippen molar-refractivity contribution in [3.8, 4) is 10.6 Å². The third-order valence-electron chi connectivity index (χ3n) is 3.75. The minimum absolute atomic E-state index is 0.00465. The summed E-state index contributed by atoms with van der Waals surface area (Å²) in [5.74, 6) is 0.556. The van der Waals surface area contributed by atoms with Gasteiger partial charge in [0, 0.05) is 36.3 Å². The van der Waals surface area contributed by atoms with E-state index in [0.29, 0.717) is 23.8 Å². The maximum absolute atomic E-state index is 12.2. The molecule has 8 nitrogen and oxygen atoms in total. The molecule has 0 fully saturated rings. The van der Waals surface area contributed by atoms with Crippen molar-refractivity contribution in [1.82, 2.24) is 20.6 Å². The van der Waals surface area contributed by atoms with E-state index in [9.17, 15) is 9.59 Å². The summed E-state index contributed by atoms with van der Waals surface area (Å²) < 4.78 is 0. The quantitative estimate of drug-likeness (QED) is 0.768. The third-order valence-corrected chi connectivity index (χ3v) is 4.64. The number of carbonyl (C=O) groups is 2. The first-order valence-corrected chi connectivity index (χ1v) is 8.89. The molecular formula is C17H18N6O2S. The van der Waals surface area contributed by atoms with Crippen LogP contribution in [0.1, 0.15) is 13.3 Å². The smallest absolute Gasteiger partial charge is 0.326 e. The fourth-order valence-corrected chi connectivity index (χ4v) is 3.15. The first-order chi connectivity index (χ1) is 12.6. The van der Waals surface area contributed by atoms with Crippen molar-refractivity contribution in [1.29, 1.82) is 0 Å². The van der Waals surface area contributed by atoms with Gasteiger partial charge in [-0.05, 0) is 24.6 Å². The van der Waals surface area contributed by atoms with Crippen molar-refractivity contribution in [2.75, 3.05) is 12.4 Å². The van der Waals surface area contributed by atoms with Gasteiger partial charge in [-0.3, -0.25) is 20.4 Å². The molecular weight excluding hydrogens is 352 g/mol. The number of thiazole rings is 1. The number of aliphatic imine (C=N–C) groups is 1. The Morgan fingerprint density at radius 2 is 2.00 bits per heavy atom. The highest BCUT2D eigenvalue weighted by atomic mass is 32.1. The van der Waals surface area contributed by atoms with Gasteiger partial charge in [0.1, 0.15) is 22.4 Å². The van der Waals surface area contributed by atoms with Crippen LogP contribution in [0.25, 0.3) is 10.6 Å². The second kappa shape index (κ2) is 7.87. The van der Waals surface area contributed by atoms with Crippen LogP contribution in [0, 0.1) is 5.92 Å². The largest absolute Gasteiger partial charge is 0.354 e. The average molecular weight is 370 g/mol. The maximum atomic E-state index is 12.2. The fraction of sp³-hybridized carbons (Fsp3) is 0.235. The molecule has 0 radical (unpaired) electrons. The molecule has 1 atom stereocenters. The normalized spacial score (nSPS) is 16.3. The van der Waals surface area contributed by atoms with Crippen LogP contribution >= 0.6 is 11.3 Å². The minimum atomic E-state index is -0.461. The van der Waals surface area contributed by atoms with Gasteiger partial charge in [0.2, 0.25) is 0 Å². The molecule has 0 spiro atoms. The standard InChI is InChI=1S/C17H18N6O2S/c1-10-3-4-12(20-14(10)15(24)18-2)22-17(25)23-13-9-26-16(21-13)11-5-7-19-8-6-11/h4-10H,3H2,1-2H3,(H,18,24)(H2,22,23,25). The maximum Gasteiger partial charge on any atom is 0.326 e. The van der Waals surface area contributed by atoms with Crippen LogP contribution in [0.4, 0.5) is 10.6 Å². The third kappa shape index (κ3) is 4.12. The summed E-state index contributed by atoms with van der Waals surface area (Å²) in [4.78, 5) is 36.6. The number of pyridine rings is 1. The second-order valence-corrected chi connectivity index (χ2v) is 6.51. The number of hydrogen-bond donors (Lipinski definition) is 3. The van der Waals surface area contributed by atoms with Gasteiger partial charge in [-0.15, -0.1) is 11.3 Å². The molecule has 3 N–H and O–H groups in total. The van der Waals surface area contributed by atoms with Gasteiger partial charge in [0.05, 0.1) is 0 Å². The molecule has 134 valence electrons. The lowest BCUT2D eigenvalue weighted by Crippen LogP contribution is -2.36. The van der Waals surface area contributed by atoms with Gasteiger partial charge >= 0.3 is 6.03 Å². The lowest BCUT2D eigenvalue weighted by Gasteiger charge is -2.18. The van der Waals surface area contributed by atoms with Crippen LogP contribution in [-0.4, -0.2) is 34.7 Å². The van der Waals surface area contributed by atoms with Crippen molar-refractivity contribution in [3.63, 3.8) is 0 Å². The van der Waals surface area contributed by atoms with Crippen LogP contribution in [-0.2, 0) is 4.79 Å². The molecule has 0 aliphatic carbocycles. The van der Waals surface area contributed by atoms with Crippen molar-refractivity contribution in [2.45, 2.75) is 13.3 Å². The molecule has 0 bridgehead atoms. The average Bonchev–Trinajstić information content (AvgIpc) is 3.11. The topological polar surface area (TPSA) is 108 Å². The van der Waals surface area contributed by atoms with E-state index < -0.39 is 6.03 Å². The van der Waals surface area contributed by atoms with Crippen LogP contribution in [0.2, 0.25) is 0 Å². The Hall–Kier alpha value is -3.07. The summed E-state index contributed by atoms with van der Waals surface area (Å²) >= 11 is 1.42. The molecule has 3 heterocycles. The number of urea groups is 1. The van der Waals surface area contributed by atoms with E-state index >= 15 is 0 Å². The Morgan fingerprint density at radius 1 is 1.23 bits per heavy atom. The monoisotopic (exact) mass is 370 g/mol. The zero-order valence-corrected chi connectivity index (χ0v) is 15.1. The van der Waals surface area contributed by atoms with Gasteiger partial charge < -0.3 is 5.32 Å². The Balaban J connectivity index is 1.64. The minimum Gasteiger partial charge on any atom is -0.354 e. The molecule has 3 rings (SSSR count). The molecule has 0 aromatic carbocycles. The van der Waals surface area contributed by atoms with Gasteiger partial charge in [0.15, 0.2) is 0 Å². The molecule has 1 unspecified atom stereocenters. The van der Waals surface area contributed by atoms with Gasteiger partial charge in [-0.25, -0.2) is 14.8 Å². The lowest BCUT2D eigenvalue weighted by molar-refractivity contribution is -0.114. The number of allylic oxidation sites excluding steroid dienone is 1. The van der Waals surface area contributed by atoms with Crippen molar-refractivity contribution >= 4 is 34.8 Å². The Kier molecular flexibility index (Phi) is 5.37. The van der Waals surface area contributed by atoms with E-state index in [0.717, 1.165) is 10.6 Å². The lowest BCUT2D eigenvalue weighted by atomic mass is 9.98. The summed E-state index contributed by atoms with van der Waals surface area (Å²) in [6.45, 7) is 1.91. The molecule has 2 aromatic heterocycles. The summed E-state index contributed by atoms with van der Waals surface area (Å²) in [5.41, 5.74) is 1.33. The number of nitrogens with zero attached hydrogens (tertiary/aromatic N) is 3. The summed E-state index contributed by atoms with van der Waals surface area (Å²) in [7, 11) is 1.55. The molecule has 26 heavy (non-hydrogen) atoms. The van der Waals surface area contributed by atoms with Crippen LogP contribution in [0.15, 0.2) is 46.8 Å². The number of carbonyl (C=O) groups excluding carboxylic acids is 2. The van der Waals surface area contributed by atoms with E-state index in [2.05, 4.69) is 30.9 Å². The van der Waals surface area contributed by atoms with Crippen molar-refractivity contribution < 1.29 is 9.59 Å². The zero-order valence-electron chi connectivity index (χ0n) is 14.3. The Morgan fingerprint density at radius 3 is 2.73 bits per heavy atom. The molecule has 1 aliphatic heterocycles. The first-order valence-electron chi connectivity index (χ1n) is 8.01. The van der Waals surface area contributed by atoms with E-state index in [1.54, 1.807) is 30.9 Å². The fourth-order valence-electron chi connectivity index (χ4n) is 2.39. The van der Waals surface area contributed by atoms with Crippen molar-refractivity contribution in [2.24, 2.45) is 10.9 Å². The predicted molar refractivity (Wildman–Crippen MR) is 101 cm³/mol. The highest BCUT2D eigenvalue weighted by Crippen LogP contribution is 2.25. The number of aromatic nitrogens is 2. The Labute approximate surface area is 154 Å². The highest BCUT2D eigenvalue weighted by molar-refractivity contribution is 7.13. The second-order valence-electron chi connectivity index (χ2n) is 5.66.